The first-order valence-corrected chi connectivity index (χ1v) is 9.66. The van der Waals surface area contributed by atoms with Crippen LogP contribution in [0.5, 0.6) is 5.75 Å². The zero-order valence-corrected chi connectivity index (χ0v) is 16.2. The van der Waals surface area contributed by atoms with Crippen LogP contribution >= 0.6 is 11.3 Å². The van der Waals surface area contributed by atoms with E-state index in [0.717, 1.165) is 26.7 Å². The Bertz CT molecular complexity index is 939. The van der Waals surface area contributed by atoms with Gasteiger partial charge in [-0.05, 0) is 55.3 Å². The molecule has 3 aromatic rings. The largest absolute Gasteiger partial charge is 0.493 e. The summed E-state index contributed by atoms with van der Waals surface area (Å²) in [5.41, 5.74) is 8.26. The Kier molecular flexibility index (Phi) is 6.38. The number of aromatic nitrogens is 1. The monoisotopic (exact) mass is 400 g/mol. The summed E-state index contributed by atoms with van der Waals surface area (Å²) >= 11 is 1.58. The number of thiazole rings is 1. The Hall–Kier alpha value is -2.77. The lowest BCUT2D eigenvalue weighted by Crippen LogP contribution is -2.32. The smallest absolute Gasteiger partial charge is 0.320 e. The molecule has 0 amide bonds. The predicted octanol–water partition coefficient (Wildman–Crippen LogP) is 3.83. The molecule has 0 saturated heterocycles. The molecule has 0 aliphatic carbocycles. The van der Waals surface area contributed by atoms with Crippen LogP contribution in [0, 0.1) is 12.7 Å². The van der Waals surface area contributed by atoms with Crippen molar-refractivity contribution < 1.29 is 19.0 Å². The Balaban J connectivity index is 1.55. The fourth-order valence-corrected chi connectivity index (χ4v) is 3.67. The van der Waals surface area contributed by atoms with Gasteiger partial charge < -0.3 is 15.6 Å². The van der Waals surface area contributed by atoms with Crippen LogP contribution in [0.25, 0.3) is 10.6 Å². The van der Waals surface area contributed by atoms with Gasteiger partial charge in [0.1, 0.15) is 22.6 Å². The van der Waals surface area contributed by atoms with E-state index in [-0.39, 0.29) is 12.2 Å². The van der Waals surface area contributed by atoms with E-state index >= 15 is 0 Å². The van der Waals surface area contributed by atoms with E-state index in [0.29, 0.717) is 18.8 Å². The zero-order chi connectivity index (χ0) is 20.1. The summed E-state index contributed by atoms with van der Waals surface area (Å²) in [6.45, 7) is 2.49. The number of aryl methyl sites for hydroxylation is 1. The van der Waals surface area contributed by atoms with Crippen LogP contribution in [0.4, 0.5) is 4.39 Å². The number of rotatable bonds is 8. The van der Waals surface area contributed by atoms with Gasteiger partial charge in [0, 0.05) is 16.9 Å². The average Bonchev–Trinajstić information content (AvgIpc) is 3.04. The number of carboxylic acid groups (broad SMARTS) is 1. The maximum Gasteiger partial charge on any atom is 0.320 e. The van der Waals surface area contributed by atoms with Gasteiger partial charge in [-0.15, -0.1) is 11.3 Å². The van der Waals surface area contributed by atoms with Crippen molar-refractivity contribution in [2.75, 3.05) is 6.61 Å². The van der Waals surface area contributed by atoms with E-state index in [1.165, 1.54) is 12.1 Å². The third-order valence-electron chi connectivity index (χ3n) is 4.29. The molecule has 0 radical (unpaired) electrons. The first kappa shape index (κ1) is 20.0. The molecule has 0 aliphatic rings. The molecule has 28 heavy (non-hydrogen) atoms. The van der Waals surface area contributed by atoms with Crippen LogP contribution in [-0.4, -0.2) is 28.7 Å². The molecule has 2 aromatic carbocycles. The van der Waals surface area contributed by atoms with Crippen LogP contribution in [-0.2, 0) is 17.6 Å². The Morgan fingerprint density at radius 3 is 2.54 bits per heavy atom. The number of carboxylic acids is 1. The van der Waals surface area contributed by atoms with Crippen molar-refractivity contribution in [2.45, 2.75) is 25.8 Å². The second-order valence-corrected chi connectivity index (χ2v) is 7.62. The molecule has 0 spiro atoms. The molecule has 0 fully saturated rings. The highest BCUT2D eigenvalue weighted by Gasteiger charge is 2.12. The highest BCUT2D eigenvalue weighted by Crippen LogP contribution is 2.28. The molecule has 5 nitrogen and oxygen atoms in total. The number of aliphatic carboxylic acids is 1. The molecule has 7 heteroatoms. The maximum atomic E-state index is 13.1. The third kappa shape index (κ3) is 5.15. The molecule has 0 bridgehead atoms. The number of nitrogens with two attached hydrogens (primary N) is 1. The van der Waals surface area contributed by atoms with Crippen LogP contribution in [0.15, 0.2) is 48.5 Å². The van der Waals surface area contributed by atoms with E-state index in [9.17, 15) is 9.18 Å². The van der Waals surface area contributed by atoms with Crippen molar-refractivity contribution in [1.29, 1.82) is 0 Å². The minimum atomic E-state index is -1.01. The summed E-state index contributed by atoms with van der Waals surface area (Å²) < 4.78 is 18.8. The van der Waals surface area contributed by atoms with Crippen molar-refractivity contribution in [3.8, 4) is 16.3 Å². The number of benzene rings is 2. The Morgan fingerprint density at radius 2 is 1.89 bits per heavy atom. The highest BCUT2D eigenvalue weighted by molar-refractivity contribution is 7.15. The molecule has 1 aromatic heterocycles. The van der Waals surface area contributed by atoms with E-state index < -0.39 is 12.0 Å². The number of hydrogen-bond donors (Lipinski definition) is 2. The summed E-state index contributed by atoms with van der Waals surface area (Å²) in [6.07, 6.45) is 0.939. The van der Waals surface area contributed by atoms with Gasteiger partial charge in [0.15, 0.2) is 0 Å². The maximum absolute atomic E-state index is 13.1. The van der Waals surface area contributed by atoms with E-state index in [1.54, 1.807) is 23.5 Å². The lowest BCUT2D eigenvalue weighted by atomic mass is 10.1. The minimum Gasteiger partial charge on any atom is -0.493 e. The fraction of sp³-hybridized carbons (Fsp3) is 0.238. The van der Waals surface area contributed by atoms with Gasteiger partial charge >= 0.3 is 5.97 Å². The molecule has 146 valence electrons. The van der Waals surface area contributed by atoms with Crippen LogP contribution in [0.3, 0.4) is 0 Å². The predicted molar refractivity (Wildman–Crippen MR) is 107 cm³/mol. The van der Waals surface area contributed by atoms with E-state index in [2.05, 4.69) is 4.98 Å². The normalized spacial score (nSPS) is 12.0. The van der Waals surface area contributed by atoms with E-state index in [4.69, 9.17) is 15.6 Å². The molecule has 1 atom stereocenters. The molecular weight excluding hydrogens is 379 g/mol. The molecule has 1 heterocycles. The molecule has 3 rings (SSSR count). The number of carbonyl (C=O) groups is 1. The molecule has 0 unspecified atom stereocenters. The number of ether oxygens (including phenoxy) is 1. The molecule has 0 aliphatic heterocycles. The van der Waals surface area contributed by atoms with Crippen molar-refractivity contribution in [3.05, 3.63) is 70.5 Å². The number of halogens is 1. The van der Waals surface area contributed by atoms with Gasteiger partial charge in [-0.1, -0.05) is 12.1 Å². The SMILES string of the molecule is Cc1sc(-c2ccc(F)cc2)nc1CCOc1ccc(C[C@H](N)C(=O)O)cc1. The molecular formula is C21H21FN2O3S. The second kappa shape index (κ2) is 8.95. The van der Waals surface area contributed by atoms with Gasteiger partial charge in [0.05, 0.1) is 12.3 Å². The lowest BCUT2D eigenvalue weighted by molar-refractivity contribution is -0.138. The standard InChI is InChI=1S/C21H21FN2O3S/c1-13-19(24-20(28-13)15-4-6-16(22)7-5-15)10-11-27-17-8-2-14(3-9-17)12-18(23)21(25)26/h2-9,18H,10-12,23H2,1H3,(H,25,26)/t18-/m0/s1. The average molecular weight is 400 g/mol. The second-order valence-electron chi connectivity index (χ2n) is 6.42. The first-order valence-electron chi connectivity index (χ1n) is 8.85. The fourth-order valence-electron chi connectivity index (χ4n) is 2.70. The Morgan fingerprint density at radius 1 is 1.21 bits per heavy atom. The van der Waals surface area contributed by atoms with Gasteiger partial charge in [0.2, 0.25) is 0 Å². The van der Waals surface area contributed by atoms with Crippen molar-refractivity contribution in [2.24, 2.45) is 5.73 Å². The van der Waals surface area contributed by atoms with Gasteiger partial charge in [0.25, 0.3) is 0 Å². The molecule has 0 saturated carbocycles. The van der Waals surface area contributed by atoms with Crippen molar-refractivity contribution in [1.82, 2.24) is 4.98 Å². The van der Waals surface area contributed by atoms with Crippen LogP contribution < -0.4 is 10.5 Å². The van der Waals surface area contributed by atoms with Gasteiger partial charge in [-0.3, -0.25) is 4.79 Å². The van der Waals surface area contributed by atoms with Crippen molar-refractivity contribution in [3.63, 3.8) is 0 Å². The number of nitrogens with zero attached hydrogens (tertiary/aromatic N) is 1. The third-order valence-corrected chi connectivity index (χ3v) is 5.35. The quantitative estimate of drug-likeness (QED) is 0.600. The van der Waals surface area contributed by atoms with E-state index in [1.807, 2.05) is 31.2 Å². The number of hydrogen-bond acceptors (Lipinski definition) is 5. The summed E-state index contributed by atoms with van der Waals surface area (Å²) in [4.78, 5) is 16.6. The Labute approximate surface area is 166 Å². The topological polar surface area (TPSA) is 85.4 Å². The summed E-state index contributed by atoms with van der Waals surface area (Å²) in [5, 5.41) is 9.73. The zero-order valence-electron chi connectivity index (χ0n) is 15.4. The van der Waals surface area contributed by atoms with Crippen LogP contribution in [0.1, 0.15) is 16.1 Å². The summed E-state index contributed by atoms with van der Waals surface area (Å²) in [7, 11) is 0. The van der Waals surface area contributed by atoms with Crippen molar-refractivity contribution >= 4 is 17.3 Å². The summed E-state index contributed by atoms with van der Waals surface area (Å²) in [5.74, 6) is -0.570. The first-order chi connectivity index (χ1) is 13.4. The lowest BCUT2D eigenvalue weighted by Gasteiger charge is -2.09. The minimum absolute atomic E-state index is 0.262. The van der Waals surface area contributed by atoms with Gasteiger partial charge in [-0.25, -0.2) is 9.37 Å². The molecule has 3 N–H and O–H groups in total. The summed E-state index contributed by atoms with van der Waals surface area (Å²) in [6, 6.07) is 12.7. The highest BCUT2D eigenvalue weighted by atomic mass is 32.1. The van der Waals surface area contributed by atoms with Gasteiger partial charge in [-0.2, -0.15) is 0 Å². The van der Waals surface area contributed by atoms with Crippen LogP contribution in [0.2, 0.25) is 0 Å².